The molecule has 0 radical (unpaired) electrons. The number of hydrogen-bond acceptors (Lipinski definition) is 5. The minimum atomic E-state index is -0.448. The van der Waals surface area contributed by atoms with Gasteiger partial charge in [0.15, 0.2) is 0 Å². The zero-order valence-electron chi connectivity index (χ0n) is 15.9. The summed E-state index contributed by atoms with van der Waals surface area (Å²) < 4.78 is 1.74. The fraction of sp³-hybridized carbons (Fsp3) is 0.368. The number of hydrogen-bond donors (Lipinski definition) is 2. The van der Waals surface area contributed by atoms with Crippen molar-refractivity contribution in [1.29, 1.82) is 0 Å². The topological polar surface area (TPSA) is 102 Å². The van der Waals surface area contributed by atoms with Gasteiger partial charge in [0.2, 0.25) is 5.91 Å². The number of aryl methyl sites for hydroxylation is 2. The number of halogens is 1. The fourth-order valence-corrected chi connectivity index (χ4v) is 2.92. The molecule has 0 bridgehead atoms. The highest BCUT2D eigenvalue weighted by Gasteiger charge is 2.12. The standard InChI is InChI=1S/C19H24ClN5O3/c1-3-4-13-24-19(20)15(14(2)23-24)9-10-18(26)22-12-11-21-16-7-5-6-8-17(16)25(27)28/h5-10,21H,3-4,11-13H2,1-2H3,(H,22,26)/b10-9+. The van der Waals surface area contributed by atoms with E-state index in [-0.39, 0.29) is 11.6 Å². The molecule has 0 saturated carbocycles. The monoisotopic (exact) mass is 405 g/mol. The second-order valence-corrected chi connectivity index (χ2v) is 6.55. The van der Waals surface area contributed by atoms with Crippen LogP contribution in [0.25, 0.3) is 6.08 Å². The van der Waals surface area contributed by atoms with E-state index >= 15 is 0 Å². The highest BCUT2D eigenvalue weighted by atomic mass is 35.5. The lowest BCUT2D eigenvalue weighted by Crippen LogP contribution is -2.27. The highest BCUT2D eigenvalue weighted by Crippen LogP contribution is 2.23. The molecule has 9 heteroatoms. The first-order valence-electron chi connectivity index (χ1n) is 9.10. The SMILES string of the molecule is CCCCn1nc(C)c(/C=C/C(=O)NCCNc2ccccc2[N+](=O)[O-])c1Cl. The van der Waals surface area contributed by atoms with Gasteiger partial charge in [0.05, 0.1) is 10.6 Å². The number of rotatable bonds is 10. The molecule has 0 spiro atoms. The fourth-order valence-electron chi connectivity index (χ4n) is 2.60. The predicted octanol–water partition coefficient (Wildman–Crippen LogP) is 3.79. The largest absolute Gasteiger partial charge is 0.378 e. The van der Waals surface area contributed by atoms with Gasteiger partial charge in [-0.3, -0.25) is 19.6 Å². The van der Waals surface area contributed by atoms with Crippen LogP contribution in [0.4, 0.5) is 11.4 Å². The van der Waals surface area contributed by atoms with Crippen LogP contribution < -0.4 is 10.6 Å². The second-order valence-electron chi connectivity index (χ2n) is 6.19. The molecule has 150 valence electrons. The van der Waals surface area contributed by atoms with Gasteiger partial charge in [-0.1, -0.05) is 37.1 Å². The first kappa shape index (κ1) is 21.4. The Balaban J connectivity index is 1.85. The van der Waals surface area contributed by atoms with Crippen LogP contribution in [0, 0.1) is 17.0 Å². The number of para-hydroxylation sites is 2. The van der Waals surface area contributed by atoms with Crippen LogP contribution >= 0.6 is 11.6 Å². The molecule has 1 aromatic carbocycles. The first-order valence-corrected chi connectivity index (χ1v) is 9.48. The molecular weight excluding hydrogens is 382 g/mol. The quantitative estimate of drug-likeness (QED) is 0.271. The van der Waals surface area contributed by atoms with Crippen LogP contribution in [0.5, 0.6) is 0 Å². The van der Waals surface area contributed by atoms with Gasteiger partial charge in [-0.2, -0.15) is 5.10 Å². The molecule has 0 unspecified atom stereocenters. The summed E-state index contributed by atoms with van der Waals surface area (Å²) in [5, 5.41) is 21.6. The van der Waals surface area contributed by atoms with E-state index < -0.39 is 4.92 Å². The van der Waals surface area contributed by atoms with Crippen LogP contribution in [0.1, 0.15) is 31.0 Å². The number of carbonyl (C=O) groups excluding carboxylic acids is 1. The molecule has 2 rings (SSSR count). The molecule has 0 atom stereocenters. The highest BCUT2D eigenvalue weighted by molar-refractivity contribution is 6.31. The Morgan fingerprint density at radius 3 is 2.82 bits per heavy atom. The van der Waals surface area contributed by atoms with Crippen LogP contribution in [0.15, 0.2) is 30.3 Å². The van der Waals surface area contributed by atoms with Crippen molar-refractivity contribution in [3.05, 3.63) is 56.9 Å². The van der Waals surface area contributed by atoms with E-state index in [4.69, 9.17) is 11.6 Å². The van der Waals surface area contributed by atoms with Crippen LogP contribution in [-0.4, -0.2) is 33.7 Å². The van der Waals surface area contributed by atoms with Gasteiger partial charge < -0.3 is 10.6 Å². The molecule has 0 aliphatic rings. The molecule has 0 aliphatic carbocycles. The maximum Gasteiger partial charge on any atom is 0.292 e. The summed E-state index contributed by atoms with van der Waals surface area (Å²) in [5.74, 6) is -0.277. The molecule has 0 saturated heterocycles. The third kappa shape index (κ3) is 5.82. The molecule has 2 N–H and O–H groups in total. The van der Waals surface area contributed by atoms with Gasteiger partial charge in [-0.25, -0.2) is 0 Å². The van der Waals surface area contributed by atoms with Crippen molar-refractivity contribution >= 4 is 35.0 Å². The number of unbranched alkanes of at least 4 members (excludes halogenated alkanes) is 1. The molecule has 28 heavy (non-hydrogen) atoms. The number of carbonyl (C=O) groups is 1. The van der Waals surface area contributed by atoms with Crippen LogP contribution in [0.3, 0.4) is 0 Å². The lowest BCUT2D eigenvalue weighted by Gasteiger charge is -2.07. The zero-order chi connectivity index (χ0) is 20.5. The molecule has 1 amide bonds. The third-order valence-corrected chi connectivity index (χ3v) is 4.47. The van der Waals surface area contributed by atoms with Gasteiger partial charge in [-0.15, -0.1) is 0 Å². The normalized spacial score (nSPS) is 11.0. The number of nitro benzene ring substituents is 1. The molecule has 1 heterocycles. The Bertz CT molecular complexity index is 863. The first-order chi connectivity index (χ1) is 13.4. The number of nitrogens with one attached hydrogen (secondary N) is 2. The van der Waals surface area contributed by atoms with E-state index in [9.17, 15) is 14.9 Å². The van der Waals surface area contributed by atoms with Crippen molar-refractivity contribution in [3.63, 3.8) is 0 Å². The lowest BCUT2D eigenvalue weighted by molar-refractivity contribution is -0.384. The van der Waals surface area contributed by atoms with Crippen molar-refractivity contribution in [2.45, 2.75) is 33.2 Å². The van der Waals surface area contributed by atoms with Gasteiger partial charge >= 0.3 is 0 Å². The third-order valence-electron chi connectivity index (χ3n) is 4.07. The Kier molecular flexibility index (Phi) is 8.01. The summed E-state index contributed by atoms with van der Waals surface area (Å²) in [5.41, 5.74) is 1.91. The second kappa shape index (κ2) is 10.5. The average molecular weight is 406 g/mol. The maximum absolute atomic E-state index is 12.0. The summed E-state index contributed by atoms with van der Waals surface area (Å²) >= 11 is 6.34. The number of aromatic nitrogens is 2. The van der Waals surface area contributed by atoms with Crippen LogP contribution in [-0.2, 0) is 11.3 Å². The van der Waals surface area contributed by atoms with Crippen molar-refractivity contribution in [2.75, 3.05) is 18.4 Å². The van der Waals surface area contributed by atoms with Gasteiger partial charge in [0, 0.05) is 37.3 Å². The number of nitro groups is 1. The van der Waals surface area contributed by atoms with E-state index in [1.165, 1.54) is 12.1 Å². The minimum Gasteiger partial charge on any atom is -0.378 e. The zero-order valence-corrected chi connectivity index (χ0v) is 16.7. The Morgan fingerprint density at radius 1 is 1.36 bits per heavy atom. The van der Waals surface area contributed by atoms with Crippen LogP contribution in [0.2, 0.25) is 5.15 Å². The lowest BCUT2D eigenvalue weighted by atomic mass is 10.2. The predicted molar refractivity (Wildman–Crippen MR) is 111 cm³/mol. The van der Waals surface area contributed by atoms with Crippen molar-refractivity contribution in [3.8, 4) is 0 Å². The summed E-state index contributed by atoms with van der Waals surface area (Å²) in [4.78, 5) is 22.5. The Labute approximate surface area is 168 Å². The van der Waals surface area contributed by atoms with Gasteiger partial charge in [-0.05, 0) is 25.5 Å². The Morgan fingerprint density at radius 2 is 2.11 bits per heavy atom. The van der Waals surface area contributed by atoms with E-state index in [1.807, 2.05) is 6.92 Å². The molecule has 2 aromatic rings. The van der Waals surface area contributed by atoms with E-state index in [1.54, 1.807) is 29.0 Å². The summed E-state index contributed by atoms with van der Waals surface area (Å²) in [6.07, 6.45) is 5.09. The summed E-state index contributed by atoms with van der Waals surface area (Å²) in [6, 6.07) is 6.37. The average Bonchev–Trinajstić information content (AvgIpc) is 2.95. The van der Waals surface area contributed by atoms with E-state index in [2.05, 4.69) is 22.7 Å². The van der Waals surface area contributed by atoms with Crippen molar-refractivity contribution in [2.24, 2.45) is 0 Å². The number of amides is 1. The van der Waals surface area contributed by atoms with E-state index in [0.29, 0.717) is 23.9 Å². The number of nitrogens with zero attached hydrogens (tertiary/aromatic N) is 3. The molecule has 0 fully saturated rings. The smallest absolute Gasteiger partial charge is 0.292 e. The number of anilines is 1. The maximum atomic E-state index is 12.0. The molecular formula is C19H24ClN5O3. The van der Waals surface area contributed by atoms with Gasteiger partial charge in [0.25, 0.3) is 5.69 Å². The molecule has 0 aliphatic heterocycles. The van der Waals surface area contributed by atoms with Crippen molar-refractivity contribution in [1.82, 2.24) is 15.1 Å². The summed E-state index contributed by atoms with van der Waals surface area (Å²) in [6.45, 7) is 5.37. The minimum absolute atomic E-state index is 0.000996. The Hall–Kier alpha value is -2.87. The molecule has 8 nitrogen and oxygen atoms in total. The number of benzene rings is 1. The van der Waals surface area contributed by atoms with Crippen molar-refractivity contribution < 1.29 is 9.72 Å². The van der Waals surface area contributed by atoms with E-state index in [0.717, 1.165) is 30.6 Å². The molecule has 1 aromatic heterocycles. The summed E-state index contributed by atoms with van der Waals surface area (Å²) in [7, 11) is 0. The van der Waals surface area contributed by atoms with Gasteiger partial charge in [0.1, 0.15) is 10.8 Å².